The summed E-state index contributed by atoms with van der Waals surface area (Å²) in [4.78, 5) is 26.9. The van der Waals surface area contributed by atoms with Crippen LogP contribution in [0.25, 0.3) is 0 Å². The summed E-state index contributed by atoms with van der Waals surface area (Å²) in [6.45, 7) is 0.889. The lowest BCUT2D eigenvalue weighted by Crippen LogP contribution is -2.50. The van der Waals surface area contributed by atoms with Crippen molar-refractivity contribution < 1.29 is 9.59 Å². The van der Waals surface area contributed by atoms with Gasteiger partial charge in [-0.3, -0.25) is 9.59 Å². The third-order valence-electron chi connectivity index (χ3n) is 5.62. The Morgan fingerprint density at radius 1 is 1.00 bits per heavy atom. The van der Waals surface area contributed by atoms with Gasteiger partial charge in [-0.1, -0.05) is 12.8 Å². The second kappa shape index (κ2) is 6.28. The van der Waals surface area contributed by atoms with E-state index >= 15 is 0 Å². The molecule has 0 bridgehead atoms. The summed E-state index contributed by atoms with van der Waals surface area (Å²) in [5.41, 5.74) is 0. The maximum absolute atomic E-state index is 12.6. The van der Waals surface area contributed by atoms with E-state index < -0.39 is 0 Å². The van der Waals surface area contributed by atoms with Crippen molar-refractivity contribution in [1.29, 1.82) is 0 Å². The van der Waals surface area contributed by atoms with Crippen LogP contribution in [0.2, 0.25) is 0 Å². The summed E-state index contributed by atoms with van der Waals surface area (Å²) < 4.78 is 0. The first-order valence-corrected chi connectivity index (χ1v) is 8.58. The molecule has 0 radical (unpaired) electrons. The van der Waals surface area contributed by atoms with Crippen molar-refractivity contribution in [3.63, 3.8) is 0 Å². The molecule has 3 nitrogen and oxygen atoms in total. The van der Waals surface area contributed by atoms with Crippen molar-refractivity contribution in [2.75, 3.05) is 6.54 Å². The number of hydrogen-bond donors (Lipinski definition) is 0. The number of amides is 1. The highest BCUT2D eigenvalue weighted by Gasteiger charge is 2.38. The van der Waals surface area contributed by atoms with Crippen molar-refractivity contribution in [1.82, 2.24) is 4.90 Å². The lowest BCUT2D eigenvalue weighted by atomic mass is 9.78. The molecule has 3 rings (SSSR count). The second-order valence-electron chi connectivity index (χ2n) is 6.97. The molecule has 3 fully saturated rings. The molecule has 1 amide bonds. The maximum Gasteiger partial charge on any atom is 0.223 e. The molecule has 1 aliphatic heterocycles. The van der Waals surface area contributed by atoms with Crippen molar-refractivity contribution in [3.05, 3.63) is 0 Å². The van der Waals surface area contributed by atoms with Crippen LogP contribution in [-0.2, 0) is 9.59 Å². The number of carbonyl (C=O) groups excluding carboxylic acids is 2. The molecule has 0 aromatic heterocycles. The van der Waals surface area contributed by atoms with Gasteiger partial charge in [-0.2, -0.15) is 0 Å². The molecule has 1 saturated heterocycles. The van der Waals surface area contributed by atoms with Crippen molar-refractivity contribution in [3.8, 4) is 0 Å². The Kier molecular flexibility index (Phi) is 4.42. The van der Waals surface area contributed by atoms with Gasteiger partial charge < -0.3 is 4.90 Å². The third kappa shape index (κ3) is 2.91. The molecule has 2 unspecified atom stereocenters. The average molecular weight is 277 g/mol. The van der Waals surface area contributed by atoms with E-state index in [2.05, 4.69) is 4.90 Å². The lowest BCUT2D eigenvalue weighted by Gasteiger charge is -2.42. The zero-order valence-electron chi connectivity index (χ0n) is 12.5. The van der Waals surface area contributed by atoms with Gasteiger partial charge in [0, 0.05) is 31.3 Å². The van der Waals surface area contributed by atoms with E-state index in [1.54, 1.807) is 0 Å². The maximum atomic E-state index is 12.6. The Hall–Kier alpha value is -0.860. The second-order valence-corrected chi connectivity index (χ2v) is 6.97. The number of nitrogens with zero attached hydrogens (tertiary/aromatic N) is 1. The van der Waals surface area contributed by atoms with Crippen LogP contribution in [-0.4, -0.2) is 29.2 Å². The van der Waals surface area contributed by atoms with Gasteiger partial charge in [-0.05, 0) is 50.9 Å². The fourth-order valence-corrected chi connectivity index (χ4v) is 4.16. The summed E-state index contributed by atoms with van der Waals surface area (Å²) in [5, 5.41) is 0. The first-order chi connectivity index (χ1) is 9.75. The minimum Gasteiger partial charge on any atom is -0.339 e. The molecule has 3 heteroatoms. The van der Waals surface area contributed by atoms with Crippen molar-refractivity contribution in [2.45, 2.75) is 76.7 Å². The molecule has 2 atom stereocenters. The fourth-order valence-electron chi connectivity index (χ4n) is 4.16. The third-order valence-corrected chi connectivity index (χ3v) is 5.62. The summed E-state index contributed by atoms with van der Waals surface area (Å²) in [6, 6.07) is 0.226. The number of carbonyl (C=O) groups is 2. The van der Waals surface area contributed by atoms with Crippen LogP contribution in [0.5, 0.6) is 0 Å². The van der Waals surface area contributed by atoms with Crippen molar-refractivity contribution >= 4 is 11.7 Å². The van der Waals surface area contributed by atoms with Gasteiger partial charge >= 0.3 is 0 Å². The molecule has 2 aliphatic carbocycles. The Morgan fingerprint density at radius 3 is 2.50 bits per heavy atom. The smallest absolute Gasteiger partial charge is 0.223 e. The van der Waals surface area contributed by atoms with Gasteiger partial charge in [0.2, 0.25) is 5.91 Å². The van der Waals surface area contributed by atoms with Crippen LogP contribution in [0.4, 0.5) is 0 Å². The van der Waals surface area contributed by atoms with E-state index in [1.807, 2.05) is 0 Å². The number of ketones is 1. The van der Waals surface area contributed by atoms with Gasteiger partial charge in [-0.25, -0.2) is 0 Å². The first-order valence-electron chi connectivity index (χ1n) is 8.58. The molecule has 3 aliphatic rings. The number of rotatable bonds is 3. The predicted molar refractivity (Wildman–Crippen MR) is 78.3 cm³/mol. The molecule has 1 heterocycles. The van der Waals surface area contributed by atoms with Crippen LogP contribution >= 0.6 is 0 Å². The van der Waals surface area contributed by atoms with E-state index in [0.29, 0.717) is 17.6 Å². The standard InChI is InChI=1S/C17H27NO2/c19-16-10-2-1-8-14(16)15-9-3-4-11-18(15)17(20)12-13-6-5-7-13/h13-15H,1-12H2. The quantitative estimate of drug-likeness (QED) is 0.793. The summed E-state index contributed by atoms with van der Waals surface area (Å²) in [7, 11) is 0. The Morgan fingerprint density at radius 2 is 1.80 bits per heavy atom. The topological polar surface area (TPSA) is 37.4 Å². The zero-order valence-corrected chi connectivity index (χ0v) is 12.5. The predicted octanol–water partition coefficient (Wildman–Crippen LogP) is 3.32. The molecule has 112 valence electrons. The van der Waals surface area contributed by atoms with Crippen LogP contribution in [0.15, 0.2) is 0 Å². The minimum absolute atomic E-state index is 0.148. The van der Waals surface area contributed by atoms with Crippen LogP contribution in [0.1, 0.15) is 70.6 Å². The zero-order chi connectivity index (χ0) is 13.9. The highest BCUT2D eigenvalue weighted by Crippen LogP contribution is 2.34. The highest BCUT2D eigenvalue weighted by molar-refractivity contribution is 5.84. The first kappa shape index (κ1) is 14.1. The molecular formula is C17H27NO2. The highest BCUT2D eigenvalue weighted by atomic mass is 16.2. The molecule has 0 spiro atoms. The van der Waals surface area contributed by atoms with Crippen molar-refractivity contribution in [2.24, 2.45) is 11.8 Å². The van der Waals surface area contributed by atoms with E-state index in [4.69, 9.17) is 0 Å². The monoisotopic (exact) mass is 277 g/mol. The molecular weight excluding hydrogens is 250 g/mol. The number of Topliss-reactive ketones (excluding diaryl/α,β-unsaturated/α-hetero) is 1. The van der Waals surface area contributed by atoms with Crippen LogP contribution in [0.3, 0.4) is 0 Å². The van der Waals surface area contributed by atoms with Gasteiger partial charge in [0.1, 0.15) is 5.78 Å². The Bertz CT molecular complexity index is 375. The number of piperidine rings is 1. The normalized spacial score (nSPS) is 32.0. The molecule has 0 aromatic rings. The van der Waals surface area contributed by atoms with E-state index in [9.17, 15) is 9.59 Å². The number of hydrogen-bond acceptors (Lipinski definition) is 2. The van der Waals surface area contributed by atoms with E-state index in [1.165, 1.54) is 25.7 Å². The largest absolute Gasteiger partial charge is 0.339 e. The fraction of sp³-hybridized carbons (Fsp3) is 0.882. The average Bonchev–Trinajstić information content (AvgIpc) is 2.43. The van der Waals surface area contributed by atoms with Gasteiger partial charge in [0.15, 0.2) is 0 Å². The van der Waals surface area contributed by atoms with E-state index in [0.717, 1.165) is 51.5 Å². The van der Waals surface area contributed by atoms with Crippen LogP contribution in [0, 0.1) is 11.8 Å². The minimum atomic E-state index is 0.148. The Labute approximate surface area is 122 Å². The molecule has 0 aromatic carbocycles. The summed E-state index contributed by atoms with van der Waals surface area (Å²) >= 11 is 0. The van der Waals surface area contributed by atoms with E-state index in [-0.39, 0.29) is 12.0 Å². The summed E-state index contributed by atoms with van der Waals surface area (Å²) in [6.07, 6.45) is 11.8. The molecule has 0 N–H and O–H groups in total. The van der Waals surface area contributed by atoms with Gasteiger partial charge in [0.25, 0.3) is 0 Å². The lowest BCUT2D eigenvalue weighted by molar-refractivity contribution is -0.140. The molecule has 20 heavy (non-hydrogen) atoms. The number of likely N-dealkylation sites (tertiary alicyclic amines) is 1. The van der Waals surface area contributed by atoms with Crippen LogP contribution < -0.4 is 0 Å². The Balaban J connectivity index is 1.65. The van der Waals surface area contributed by atoms with Gasteiger partial charge in [0.05, 0.1) is 0 Å². The molecule has 2 saturated carbocycles. The summed E-state index contributed by atoms with van der Waals surface area (Å²) in [5.74, 6) is 1.53. The SMILES string of the molecule is O=C1CCCCC1C1CCCCN1C(=O)CC1CCC1. The van der Waals surface area contributed by atoms with Gasteiger partial charge in [-0.15, -0.1) is 0 Å².